The summed E-state index contributed by atoms with van der Waals surface area (Å²) in [5.74, 6) is -1.73. The van der Waals surface area contributed by atoms with Crippen LogP contribution in [0, 0.1) is 5.82 Å². The molecule has 30 heavy (non-hydrogen) atoms. The quantitative estimate of drug-likeness (QED) is 0.603. The van der Waals surface area contributed by atoms with Gasteiger partial charge in [-0.3, -0.25) is 9.59 Å². The number of benzene rings is 2. The van der Waals surface area contributed by atoms with Gasteiger partial charge in [0.05, 0.1) is 11.8 Å². The second-order valence-corrected chi connectivity index (χ2v) is 6.46. The van der Waals surface area contributed by atoms with Crippen LogP contribution in [0.25, 0.3) is 0 Å². The predicted octanol–water partition coefficient (Wildman–Crippen LogP) is 3.49. The molecule has 0 spiro atoms. The first kappa shape index (κ1) is 20.8. The Labute approximate surface area is 172 Å². The van der Waals surface area contributed by atoms with Crippen molar-refractivity contribution < 1.29 is 27.9 Å². The van der Waals surface area contributed by atoms with E-state index in [1.165, 1.54) is 60.7 Å². The van der Waals surface area contributed by atoms with E-state index in [0.29, 0.717) is 11.3 Å². The van der Waals surface area contributed by atoms with Gasteiger partial charge in [-0.25, -0.2) is 9.18 Å². The SMILES string of the molecule is CN(Cc1cccc(F)c1)C(=O)COC(=O)c1ccc(NC(=O)c2ccco2)cc1. The zero-order valence-corrected chi connectivity index (χ0v) is 16.1. The van der Waals surface area contributed by atoms with Gasteiger partial charge in [0.25, 0.3) is 11.8 Å². The first-order valence-electron chi connectivity index (χ1n) is 9.03. The highest BCUT2D eigenvalue weighted by Gasteiger charge is 2.15. The largest absolute Gasteiger partial charge is 0.459 e. The molecule has 1 N–H and O–H groups in total. The fourth-order valence-corrected chi connectivity index (χ4v) is 2.61. The molecule has 7 nitrogen and oxygen atoms in total. The van der Waals surface area contributed by atoms with Crippen LogP contribution in [0.3, 0.4) is 0 Å². The van der Waals surface area contributed by atoms with E-state index in [2.05, 4.69) is 5.32 Å². The summed E-state index contributed by atoms with van der Waals surface area (Å²) in [7, 11) is 1.54. The smallest absolute Gasteiger partial charge is 0.338 e. The predicted molar refractivity (Wildman–Crippen MR) is 106 cm³/mol. The minimum Gasteiger partial charge on any atom is -0.459 e. The summed E-state index contributed by atoms with van der Waals surface area (Å²) in [6, 6.07) is 15.1. The van der Waals surface area contributed by atoms with Crippen LogP contribution in [-0.2, 0) is 16.1 Å². The Kier molecular flexibility index (Phi) is 6.59. The van der Waals surface area contributed by atoms with E-state index in [1.807, 2.05) is 0 Å². The number of hydrogen-bond donors (Lipinski definition) is 1. The standard InChI is InChI=1S/C22H19FN2O5/c1-25(13-15-4-2-5-17(23)12-15)20(26)14-30-22(28)16-7-9-18(10-8-16)24-21(27)19-6-3-11-29-19/h2-12H,13-14H2,1H3,(H,24,27). The Hall–Kier alpha value is -3.94. The summed E-state index contributed by atoms with van der Waals surface area (Å²) in [6.07, 6.45) is 1.39. The van der Waals surface area contributed by atoms with Crippen LogP contribution < -0.4 is 5.32 Å². The maximum absolute atomic E-state index is 13.2. The summed E-state index contributed by atoms with van der Waals surface area (Å²) >= 11 is 0. The van der Waals surface area contributed by atoms with Crippen molar-refractivity contribution in [1.29, 1.82) is 0 Å². The third-order valence-corrected chi connectivity index (χ3v) is 4.18. The van der Waals surface area contributed by atoms with Gasteiger partial charge in [-0.2, -0.15) is 0 Å². The number of furan rings is 1. The van der Waals surface area contributed by atoms with Gasteiger partial charge >= 0.3 is 5.97 Å². The number of nitrogens with zero attached hydrogens (tertiary/aromatic N) is 1. The van der Waals surface area contributed by atoms with Gasteiger partial charge < -0.3 is 19.4 Å². The van der Waals surface area contributed by atoms with Crippen molar-refractivity contribution in [3.8, 4) is 0 Å². The van der Waals surface area contributed by atoms with E-state index in [0.717, 1.165) is 0 Å². The molecule has 0 atom stereocenters. The van der Waals surface area contributed by atoms with Crippen LogP contribution in [0.1, 0.15) is 26.5 Å². The molecule has 0 bridgehead atoms. The lowest BCUT2D eigenvalue weighted by molar-refractivity contribution is -0.133. The Balaban J connectivity index is 1.49. The van der Waals surface area contributed by atoms with Crippen LogP contribution in [0.5, 0.6) is 0 Å². The van der Waals surface area contributed by atoms with Gasteiger partial charge in [-0.1, -0.05) is 12.1 Å². The van der Waals surface area contributed by atoms with E-state index < -0.39 is 24.4 Å². The van der Waals surface area contributed by atoms with Crippen molar-refractivity contribution in [2.75, 3.05) is 19.0 Å². The summed E-state index contributed by atoms with van der Waals surface area (Å²) in [5.41, 5.74) is 1.33. The summed E-state index contributed by atoms with van der Waals surface area (Å²) in [4.78, 5) is 37.6. The molecular formula is C22H19FN2O5. The highest BCUT2D eigenvalue weighted by Crippen LogP contribution is 2.13. The number of carbonyl (C=O) groups is 3. The average Bonchev–Trinajstić information content (AvgIpc) is 3.27. The number of anilines is 1. The molecule has 0 saturated heterocycles. The average molecular weight is 410 g/mol. The van der Waals surface area contributed by atoms with Crippen LogP contribution >= 0.6 is 0 Å². The van der Waals surface area contributed by atoms with Gasteiger partial charge in [0.2, 0.25) is 0 Å². The van der Waals surface area contributed by atoms with Crippen molar-refractivity contribution in [2.45, 2.75) is 6.54 Å². The van der Waals surface area contributed by atoms with Crippen molar-refractivity contribution >= 4 is 23.5 Å². The molecule has 3 aromatic rings. The molecule has 0 fully saturated rings. The zero-order chi connectivity index (χ0) is 21.5. The van der Waals surface area contributed by atoms with Gasteiger partial charge in [-0.15, -0.1) is 0 Å². The van der Waals surface area contributed by atoms with Crippen LogP contribution in [0.2, 0.25) is 0 Å². The second-order valence-electron chi connectivity index (χ2n) is 6.46. The molecule has 0 aliphatic heterocycles. The number of rotatable bonds is 7. The van der Waals surface area contributed by atoms with E-state index in [4.69, 9.17) is 9.15 Å². The molecule has 1 heterocycles. The number of nitrogens with one attached hydrogen (secondary N) is 1. The lowest BCUT2D eigenvalue weighted by Gasteiger charge is -2.17. The van der Waals surface area contributed by atoms with Crippen molar-refractivity contribution in [3.63, 3.8) is 0 Å². The normalized spacial score (nSPS) is 10.3. The molecule has 0 unspecified atom stereocenters. The highest BCUT2D eigenvalue weighted by atomic mass is 19.1. The number of likely N-dealkylation sites (N-methyl/N-ethyl adjacent to an activating group) is 1. The van der Waals surface area contributed by atoms with Gasteiger partial charge in [-0.05, 0) is 54.1 Å². The van der Waals surface area contributed by atoms with Gasteiger partial charge in [0.15, 0.2) is 12.4 Å². The highest BCUT2D eigenvalue weighted by molar-refractivity contribution is 6.02. The molecular weight excluding hydrogens is 391 g/mol. The summed E-state index contributed by atoms with van der Waals surface area (Å²) < 4.78 is 23.3. The number of halogens is 1. The van der Waals surface area contributed by atoms with Crippen molar-refractivity contribution in [1.82, 2.24) is 4.90 Å². The maximum atomic E-state index is 13.2. The van der Waals surface area contributed by atoms with E-state index in [9.17, 15) is 18.8 Å². The number of amides is 2. The Morgan fingerprint density at radius 2 is 1.83 bits per heavy atom. The molecule has 3 rings (SSSR count). The fourth-order valence-electron chi connectivity index (χ4n) is 2.61. The second kappa shape index (κ2) is 9.51. The molecule has 8 heteroatoms. The molecule has 0 radical (unpaired) electrons. The van der Waals surface area contributed by atoms with Crippen LogP contribution in [0.15, 0.2) is 71.3 Å². The summed E-state index contributed by atoms with van der Waals surface area (Å²) in [6.45, 7) is -0.250. The molecule has 1 aromatic heterocycles. The Morgan fingerprint density at radius 3 is 2.50 bits per heavy atom. The van der Waals surface area contributed by atoms with Crippen molar-refractivity contribution in [3.05, 3.63) is 89.6 Å². The fraction of sp³-hybridized carbons (Fsp3) is 0.136. The zero-order valence-electron chi connectivity index (χ0n) is 16.1. The van der Waals surface area contributed by atoms with Gasteiger partial charge in [0, 0.05) is 19.3 Å². The Bertz CT molecular complexity index is 1030. The first-order chi connectivity index (χ1) is 14.4. The third kappa shape index (κ3) is 5.54. The molecule has 2 aromatic carbocycles. The molecule has 0 aliphatic carbocycles. The minimum absolute atomic E-state index is 0.166. The monoisotopic (exact) mass is 410 g/mol. The third-order valence-electron chi connectivity index (χ3n) is 4.18. The Morgan fingerprint density at radius 1 is 1.07 bits per heavy atom. The number of carbonyl (C=O) groups excluding carboxylic acids is 3. The molecule has 154 valence electrons. The first-order valence-corrected chi connectivity index (χ1v) is 9.03. The van der Waals surface area contributed by atoms with E-state index in [-0.39, 0.29) is 23.7 Å². The molecule has 0 aliphatic rings. The minimum atomic E-state index is -0.675. The lowest BCUT2D eigenvalue weighted by Crippen LogP contribution is -2.30. The van der Waals surface area contributed by atoms with Gasteiger partial charge in [0.1, 0.15) is 5.82 Å². The van der Waals surface area contributed by atoms with Crippen LogP contribution in [0.4, 0.5) is 10.1 Å². The number of hydrogen-bond acceptors (Lipinski definition) is 5. The summed E-state index contributed by atoms with van der Waals surface area (Å²) in [5, 5.41) is 2.63. The number of esters is 1. The maximum Gasteiger partial charge on any atom is 0.338 e. The van der Waals surface area contributed by atoms with Crippen molar-refractivity contribution in [2.24, 2.45) is 0 Å². The number of ether oxygens (including phenoxy) is 1. The topological polar surface area (TPSA) is 88.9 Å². The van der Waals surface area contributed by atoms with E-state index in [1.54, 1.807) is 18.2 Å². The molecule has 0 saturated carbocycles. The molecule has 2 amide bonds. The van der Waals surface area contributed by atoms with E-state index >= 15 is 0 Å². The lowest BCUT2D eigenvalue weighted by atomic mass is 10.2. The van der Waals surface area contributed by atoms with Crippen LogP contribution in [-0.4, -0.2) is 36.3 Å².